The lowest BCUT2D eigenvalue weighted by Crippen LogP contribution is -2.16. The van der Waals surface area contributed by atoms with Gasteiger partial charge in [0.25, 0.3) is 0 Å². The summed E-state index contributed by atoms with van der Waals surface area (Å²) in [4.78, 5) is 14.0. The molecule has 0 radical (unpaired) electrons. The van der Waals surface area contributed by atoms with Gasteiger partial charge in [-0.2, -0.15) is 13.2 Å². The van der Waals surface area contributed by atoms with E-state index in [1.165, 1.54) is 12.1 Å². The predicted molar refractivity (Wildman–Crippen MR) is 126 cm³/mol. The Morgan fingerprint density at radius 2 is 1.55 bits per heavy atom. The number of nitrogens with zero attached hydrogens (tertiary/aromatic N) is 1. The summed E-state index contributed by atoms with van der Waals surface area (Å²) in [6.07, 6.45) is -3.98. The maximum atomic E-state index is 13.0. The monoisotopic (exact) mass is 475 g/mol. The number of carboxylic acid groups (broad SMARTS) is 1. The summed E-state index contributed by atoms with van der Waals surface area (Å²) in [5, 5.41) is 10.5. The van der Waals surface area contributed by atoms with Gasteiger partial charge in [0, 0.05) is 23.4 Å². The molecule has 0 amide bonds. The number of rotatable bonds is 7. The van der Waals surface area contributed by atoms with Crippen molar-refractivity contribution in [2.45, 2.75) is 32.4 Å². The van der Waals surface area contributed by atoms with Gasteiger partial charge in [-0.1, -0.05) is 43.6 Å². The third kappa shape index (κ3) is 6.08. The van der Waals surface area contributed by atoms with Crippen LogP contribution in [0.3, 0.4) is 0 Å². The third-order valence-corrected chi connectivity index (χ3v) is 5.75. The zero-order valence-corrected chi connectivity index (χ0v) is 19.3. The Hall–Kier alpha value is -2.99. The van der Waals surface area contributed by atoms with Crippen molar-refractivity contribution in [2.75, 3.05) is 11.9 Å². The molecule has 174 valence electrons. The van der Waals surface area contributed by atoms with E-state index in [-0.39, 0.29) is 5.92 Å². The molecule has 0 unspecified atom stereocenters. The molecule has 3 aromatic rings. The van der Waals surface area contributed by atoms with Crippen molar-refractivity contribution in [2.24, 2.45) is 5.92 Å². The van der Waals surface area contributed by atoms with Crippen LogP contribution >= 0.6 is 11.6 Å². The van der Waals surface area contributed by atoms with Gasteiger partial charge in [0.05, 0.1) is 11.5 Å². The molecule has 33 heavy (non-hydrogen) atoms. The molecule has 3 nitrogen and oxygen atoms in total. The minimum Gasteiger partial charge on any atom is -0.481 e. The molecular formula is C26H25ClF3NO2. The van der Waals surface area contributed by atoms with Crippen LogP contribution in [0.25, 0.3) is 11.1 Å². The van der Waals surface area contributed by atoms with Crippen LogP contribution in [0.4, 0.5) is 24.5 Å². The van der Waals surface area contributed by atoms with Crippen LogP contribution in [0.15, 0.2) is 66.7 Å². The number of carboxylic acids is 1. The molecule has 0 aliphatic heterocycles. The second-order valence-electron chi connectivity index (χ2n) is 8.44. The van der Waals surface area contributed by atoms with E-state index in [2.05, 4.69) is 0 Å². The highest BCUT2D eigenvalue weighted by atomic mass is 35.5. The van der Waals surface area contributed by atoms with Crippen LogP contribution in [0.1, 0.15) is 37.3 Å². The smallest absolute Gasteiger partial charge is 0.416 e. The maximum Gasteiger partial charge on any atom is 0.416 e. The fourth-order valence-corrected chi connectivity index (χ4v) is 3.84. The highest BCUT2D eigenvalue weighted by molar-refractivity contribution is 6.30. The molecule has 0 heterocycles. The molecule has 0 aliphatic carbocycles. The quantitative estimate of drug-likeness (QED) is 0.376. The van der Waals surface area contributed by atoms with Crippen LogP contribution in [-0.4, -0.2) is 18.1 Å². The Kier molecular flexibility index (Phi) is 7.38. The zero-order chi connectivity index (χ0) is 24.3. The molecule has 3 aromatic carbocycles. The molecule has 1 N–H and O–H groups in total. The lowest BCUT2D eigenvalue weighted by Gasteiger charge is -2.24. The fraction of sp³-hybridized carbons (Fsp3) is 0.269. The van der Waals surface area contributed by atoms with Gasteiger partial charge in [-0.3, -0.25) is 4.79 Å². The number of alkyl halides is 3. The summed E-state index contributed by atoms with van der Waals surface area (Å²) >= 11 is 6.00. The van der Waals surface area contributed by atoms with Gasteiger partial charge >= 0.3 is 12.1 Å². The first-order valence-corrected chi connectivity index (χ1v) is 10.9. The number of benzene rings is 3. The SMILES string of the molecule is CC(C)C[C@@H](C(=O)O)c1cc(-c2ccc(C(F)(F)F)cc2)cc(N(C)c2ccc(Cl)cc2)c1. The molecule has 3 rings (SSSR count). The van der Waals surface area contributed by atoms with Gasteiger partial charge in [-0.15, -0.1) is 0 Å². The average molecular weight is 476 g/mol. The molecule has 0 aromatic heterocycles. The summed E-state index contributed by atoms with van der Waals surface area (Å²) in [7, 11) is 1.84. The van der Waals surface area contributed by atoms with Gasteiger partial charge in [0.1, 0.15) is 0 Å². The van der Waals surface area contributed by atoms with Gasteiger partial charge in [-0.05, 0) is 77.6 Å². The van der Waals surface area contributed by atoms with Crippen molar-refractivity contribution >= 4 is 28.9 Å². The molecule has 0 spiro atoms. The number of anilines is 2. The largest absolute Gasteiger partial charge is 0.481 e. The van der Waals surface area contributed by atoms with Crippen LogP contribution in [-0.2, 0) is 11.0 Å². The molecular weight excluding hydrogens is 451 g/mol. The first-order valence-electron chi connectivity index (χ1n) is 10.5. The van der Waals surface area contributed by atoms with Gasteiger partial charge < -0.3 is 10.0 Å². The van der Waals surface area contributed by atoms with Gasteiger partial charge in [0.2, 0.25) is 0 Å². The fourth-order valence-electron chi connectivity index (χ4n) is 3.71. The van der Waals surface area contributed by atoms with Crippen LogP contribution in [0, 0.1) is 5.92 Å². The first kappa shape index (κ1) is 24.6. The summed E-state index contributed by atoms with van der Waals surface area (Å²) in [5.74, 6) is -1.52. The van der Waals surface area contributed by atoms with Crippen molar-refractivity contribution in [3.63, 3.8) is 0 Å². The third-order valence-electron chi connectivity index (χ3n) is 5.49. The van der Waals surface area contributed by atoms with Crippen molar-refractivity contribution in [3.05, 3.63) is 82.9 Å². The van der Waals surface area contributed by atoms with E-state index in [9.17, 15) is 23.1 Å². The van der Waals surface area contributed by atoms with E-state index in [1.54, 1.807) is 18.2 Å². The van der Waals surface area contributed by atoms with Gasteiger partial charge in [0.15, 0.2) is 0 Å². The topological polar surface area (TPSA) is 40.5 Å². The molecule has 7 heteroatoms. The lowest BCUT2D eigenvalue weighted by molar-refractivity contribution is -0.139. The second-order valence-corrected chi connectivity index (χ2v) is 8.88. The highest BCUT2D eigenvalue weighted by Gasteiger charge is 2.30. The number of hydrogen-bond donors (Lipinski definition) is 1. The van der Waals surface area contributed by atoms with Gasteiger partial charge in [-0.25, -0.2) is 0 Å². The summed E-state index contributed by atoms with van der Waals surface area (Å²) in [6, 6.07) is 17.5. The molecule has 0 fully saturated rings. The Morgan fingerprint density at radius 1 is 0.939 bits per heavy atom. The van der Waals surface area contributed by atoms with Crippen molar-refractivity contribution < 1.29 is 23.1 Å². The van der Waals surface area contributed by atoms with E-state index in [0.717, 1.165) is 23.5 Å². The van der Waals surface area contributed by atoms with Crippen LogP contribution in [0.2, 0.25) is 5.02 Å². The molecule has 0 saturated carbocycles. The van der Waals surface area contributed by atoms with Crippen LogP contribution in [0.5, 0.6) is 0 Å². The first-order chi connectivity index (χ1) is 15.5. The maximum absolute atomic E-state index is 13.0. The lowest BCUT2D eigenvalue weighted by atomic mass is 9.88. The summed E-state index contributed by atoms with van der Waals surface area (Å²) in [6.45, 7) is 3.91. The minimum atomic E-state index is -4.42. The predicted octanol–water partition coefficient (Wildman–Crippen LogP) is 8.01. The number of hydrogen-bond acceptors (Lipinski definition) is 2. The minimum absolute atomic E-state index is 0.151. The number of halogens is 4. The second kappa shape index (κ2) is 9.87. The molecule has 0 bridgehead atoms. The van der Waals surface area contributed by atoms with E-state index >= 15 is 0 Å². The Balaban J connectivity index is 2.12. The van der Waals surface area contributed by atoms with Crippen LogP contribution < -0.4 is 4.90 Å². The van der Waals surface area contributed by atoms with E-state index in [4.69, 9.17) is 11.6 Å². The summed E-state index contributed by atoms with van der Waals surface area (Å²) in [5.41, 5.74) is 2.65. The number of aliphatic carboxylic acids is 1. The van der Waals surface area contributed by atoms with Crippen molar-refractivity contribution in [1.29, 1.82) is 0 Å². The van der Waals surface area contributed by atoms with Crippen molar-refractivity contribution in [1.82, 2.24) is 0 Å². The molecule has 0 aliphatic rings. The van der Waals surface area contributed by atoms with E-state index in [0.29, 0.717) is 28.1 Å². The van der Waals surface area contributed by atoms with Crippen molar-refractivity contribution in [3.8, 4) is 11.1 Å². The Bertz CT molecular complexity index is 1110. The number of carbonyl (C=O) groups is 1. The summed E-state index contributed by atoms with van der Waals surface area (Å²) < 4.78 is 39.0. The average Bonchev–Trinajstić information content (AvgIpc) is 2.76. The Morgan fingerprint density at radius 3 is 2.06 bits per heavy atom. The molecule has 0 saturated heterocycles. The Labute approximate surface area is 196 Å². The van der Waals surface area contributed by atoms with E-state index < -0.39 is 23.6 Å². The normalized spacial score (nSPS) is 12.6. The highest BCUT2D eigenvalue weighted by Crippen LogP contribution is 2.36. The standard InChI is InChI=1S/C26H25ClF3NO2/c1-16(2)12-24(25(32)33)19-13-18(17-4-6-20(7-5-17)26(28,29)30)14-23(15-19)31(3)22-10-8-21(27)9-11-22/h4-11,13-16,24H,12H2,1-3H3,(H,32,33)/t24-/m1/s1. The zero-order valence-electron chi connectivity index (χ0n) is 18.5. The van der Waals surface area contributed by atoms with E-state index in [1.807, 2.05) is 50.1 Å². The molecule has 1 atom stereocenters.